The van der Waals surface area contributed by atoms with E-state index in [9.17, 15) is 22.8 Å². The first-order valence-corrected chi connectivity index (χ1v) is 8.62. The lowest BCUT2D eigenvalue weighted by Gasteiger charge is -2.35. The summed E-state index contributed by atoms with van der Waals surface area (Å²) in [6.07, 6.45) is -4.42. The molecule has 2 amide bonds. The molecule has 1 aromatic heterocycles. The number of piperazine rings is 1. The molecule has 0 aliphatic carbocycles. The Hall–Kier alpha value is -2.56. The Bertz CT molecular complexity index is 681. The highest BCUT2D eigenvalue weighted by Gasteiger charge is 2.31. The largest absolute Gasteiger partial charge is 0.442 e. The minimum Gasteiger partial charge on any atom is -0.442 e. The van der Waals surface area contributed by atoms with Crippen LogP contribution in [0.25, 0.3) is 0 Å². The van der Waals surface area contributed by atoms with Gasteiger partial charge in [-0.15, -0.1) is 0 Å². The van der Waals surface area contributed by atoms with Gasteiger partial charge in [0.25, 0.3) is 5.91 Å². The number of halogens is 3. The maximum absolute atomic E-state index is 12.6. The summed E-state index contributed by atoms with van der Waals surface area (Å²) < 4.78 is 42.7. The van der Waals surface area contributed by atoms with Crippen LogP contribution in [0, 0.1) is 0 Å². The van der Waals surface area contributed by atoms with Gasteiger partial charge >= 0.3 is 12.3 Å². The molecular formula is C17H23F3N4O4. The summed E-state index contributed by atoms with van der Waals surface area (Å²) in [4.78, 5) is 35.6. The second kappa shape index (κ2) is 8.63. The van der Waals surface area contributed by atoms with Crippen molar-refractivity contribution in [1.82, 2.24) is 15.4 Å². The minimum absolute atomic E-state index is 0.323. The highest BCUT2D eigenvalue weighted by molar-refractivity contribution is 5.78. The molecule has 0 bridgehead atoms. The van der Waals surface area contributed by atoms with Crippen molar-refractivity contribution in [3.05, 3.63) is 23.9 Å². The maximum Gasteiger partial charge on any atom is 0.431 e. The molecule has 1 N–H and O–H groups in total. The van der Waals surface area contributed by atoms with E-state index in [2.05, 4.69) is 4.98 Å². The number of aromatic nitrogens is 1. The topological polar surface area (TPSA) is 84.0 Å². The molecule has 1 aliphatic heterocycles. The molecule has 1 aliphatic rings. The van der Waals surface area contributed by atoms with Crippen LogP contribution in [-0.4, -0.2) is 60.3 Å². The molecule has 11 heteroatoms. The number of nitrogens with one attached hydrogen (secondary N) is 1. The molecule has 0 atom stereocenters. The summed E-state index contributed by atoms with van der Waals surface area (Å²) >= 11 is 0. The van der Waals surface area contributed by atoms with Gasteiger partial charge in [-0.2, -0.15) is 18.7 Å². The molecule has 2 heterocycles. The Morgan fingerprint density at radius 3 is 2.29 bits per heavy atom. The molecular weight excluding hydrogens is 381 g/mol. The second-order valence-electron chi connectivity index (χ2n) is 7.16. The van der Waals surface area contributed by atoms with E-state index in [-0.39, 0.29) is 12.5 Å². The molecule has 0 radical (unpaired) electrons. The fraction of sp³-hybridized carbons (Fsp3) is 0.588. The van der Waals surface area contributed by atoms with Crippen LogP contribution in [0.3, 0.4) is 0 Å². The molecule has 1 aromatic rings. The van der Waals surface area contributed by atoms with E-state index < -0.39 is 23.4 Å². The van der Waals surface area contributed by atoms with Crippen LogP contribution in [0.2, 0.25) is 0 Å². The fourth-order valence-corrected chi connectivity index (χ4v) is 2.47. The molecule has 28 heavy (non-hydrogen) atoms. The minimum atomic E-state index is -4.43. The average molecular weight is 404 g/mol. The first-order chi connectivity index (χ1) is 13.0. The van der Waals surface area contributed by atoms with Gasteiger partial charge in [0.05, 0.1) is 5.56 Å². The lowest BCUT2D eigenvalue weighted by Crippen LogP contribution is -2.50. The highest BCUT2D eigenvalue weighted by atomic mass is 19.4. The standard InChI is InChI=1S/C17H23F3N4O4/c1-16(2,3)28-15(26)22-27-11-14(25)24-8-6-23(7-9-24)13-5-4-12(10-21-13)17(18,19)20/h4-5,10H,6-9,11H2,1-3H3,(H,22,26). The Labute approximate surface area is 160 Å². The van der Waals surface area contributed by atoms with Gasteiger partial charge < -0.3 is 14.5 Å². The van der Waals surface area contributed by atoms with Crippen LogP contribution in [0.1, 0.15) is 26.3 Å². The summed E-state index contributed by atoms with van der Waals surface area (Å²) in [6, 6.07) is 2.30. The zero-order chi connectivity index (χ0) is 20.9. The first kappa shape index (κ1) is 21.7. The molecule has 0 saturated carbocycles. The van der Waals surface area contributed by atoms with Gasteiger partial charge in [-0.25, -0.2) is 9.78 Å². The Balaban J connectivity index is 1.75. The van der Waals surface area contributed by atoms with Crippen molar-refractivity contribution in [3.8, 4) is 0 Å². The Morgan fingerprint density at radius 1 is 1.14 bits per heavy atom. The number of nitrogens with zero attached hydrogens (tertiary/aromatic N) is 3. The van der Waals surface area contributed by atoms with Crippen molar-refractivity contribution in [2.24, 2.45) is 0 Å². The van der Waals surface area contributed by atoms with E-state index in [1.807, 2.05) is 5.48 Å². The zero-order valence-corrected chi connectivity index (χ0v) is 15.9. The molecule has 2 rings (SSSR count). The van der Waals surface area contributed by atoms with E-state index in [1.54, 1.807) is 25.7 Å². The SMILES string of the molecule is CC(C)(C)OC(=O)NOCC(=O)N1CCN(c2ccc(C(F)(F)F)cn2)CC1. The molecule has 1 saturated heterocycles. The van der Waals surface area contributed by atoms with Crippen molar-refractivity contribution < 1.29 is 32.3 Å². The van der Waals surface area contributed by atoms with Crippen LogP contribution in [0.5, 0.6) is 0 Å². The third-order valence-electron chi connectivity index (χ3n) is 3.78. The quantitative estimate of drug-likeness (QED) is 0.775. The number of carbonyl (C=O) groups is 2. The van der Waals surface area contributed by atoms with E-state index in [1.165, 1.54) is 11.0 Å². The predicted octanol–water partition coefficient (Wildman–Crippen LogP) is 2.21. The van der Waals surface area contributed by atoms with Crippen LogP contribution in [0.15, 0.2) is 18.3 Å². The van der Waals surface area contributed by atoms with E-state index >= 15 is 0 Å². The second-order valence-corrected chi connectivity index (χ2v) is 7.16. The lowest BCUT2D eigenvalue weighted by atomic mass is 10.2. The van der Waals surface area contributed by atoms with Crippen LogP contribution >= 0.6 is 0 Å². The van der Waals surface area contributed by atoms with Crippen molar-refractivity contribution in [3.63, 3.8) is 0 Å². The molecule has 1 fully saturated rings. The van der Waals surface area contributed by atoms with Gasteiger partial charge in [-0.05, 0) is 32.9 Å². The first-order valence-electron chi connectivity index (χ1n) is 8.62. The number of carbonyl (C=O) groups excluding carboxylic acids is 2. The number of hydrogen-bond acceptors (Lipinski definition) is 6. The lowest BCUT2D eigenvalue weighted by molar-refractivity contribution is -0.139. The van der Waals surface area contributed by atoms with Crippen molar-refractivity contribution >= 4 is 17.8 Å². The predicted molar refractivity (Wildman–Crippen MR) is 93.4 cm³/mol. The third-order valence-corrected chi connectivity index (χ3v) is 3.78. The smallest absolute Gasteiger partial charge is 0.431 e. The Morgan fingerprint density at radius 2 is 1.79 bits per heavy atom. The summed E-state index contributed by atoms with van der Waals surface area (Å²) in [5.74, 6) is 0.0963. The van der Waals surface area contributed by atoms with Crippen molar-refractivity contribution in [1.29, 1.82) is 0 Å². The van der Waals surface area contributed by atoms with Gasteiger partial charge in [0, 0.05) is 32.4 Å². The van der Waals surface area contributed by atoms with Gasteiger partial charge in [0.2, 0.25) is 0 Å². The van der Waals surface area contributed by atoms with E-state index in [0.29, 0.717) is 32.0 Å². The summed E-state index contributed by atoms with van der Waals surface area (Å²) in [6.45, 7) is 6.30. The number of ether oxygens (including phenoxy) is 1. The molecule has 8 nitrogen and oxygen atoms in total. The van der Waals surface area contributed by atoms with Gasteiger partial charge in [0.15, 0.2) is 6.61 Å². The fourth-order valence-electron chi connectivity index (χ4n) is 2.47. The zero-order valence-electron chi connectivity index (χ0n) is 15.9. The summed E-state index contributed by atoms with van der Waals surface area (Å²) in [7, 11) is 0. The number of amides is 2. The van der Waals surface area contributed by atoms with Crippen molar-refractivity contribution in [2.75, 3.05) is 37.7 Å². The number of rotatable bonds is 4. The van der Waals surface area contributed by atoms with Gasteiger partial charge in [-0.3, -0.25) is 9.63 Å². The molecule has 0 aromatic carbocycles. The monoisotopic (exact) mass is 404 g/mol. The normalized spacial score (nSPS) is 15.4. The molecule has 0 spiro atoms. The number of hydrogen-bond donors (Lipinski definition) is 1. The summed E-state index contributed by atoms with van der Waals surface area (Å²) in [5, 5.41) is 0. The van der Waals surface area contributed by atoms with E-state index in [0.717, 1.165) is 12.3 Å². The number of alkyl halides is 3. The maximum atomic E-state index is 12.6. The van der Waals surface area contributed by atoms with Gasteiger partial charge in [0.1, 0.15) is 11.4 Å². The van der Waals surface area contributed by atoms with Crippen molar-refractivity contribution in [2.45, 2.75) is 32.5 Å². The van der Waals surface area contributed by atoms with Crippen LogP contribution < -0.4 is 10.4 Å². The van der Waals surface area contributed by atoms with Crippen LogP contribution in [0.4, 0.5) is 23.8 Å². The summed E-state index contributed by atoms with van der Waals surface area (Å²) in [5.41, 5.74) is 0.554. The van der Waals surface area contributed by atoms with Gasteiger partial charge in [-0.1, -0.05) is 0 Å². The molecule has 0 unspecified atom stereocenters. The number of hydroxylamine groups is 1. The molecule has 156 valence electrons. The van der Waals surface area contributed by atoms with Crippen LogP contribution in [-0.2, 0) is 20.5 Å². The number of pyridine rings is 1. The van der Waals surface area contributed by atoms with E-state index in [4.69, 9.17) is 9.57 Å². The number of anilines is 1. The third kappa shape index (κ3) is 6.55. The highest BCUT2D eigenvalue weighted by Crippen LogP contribution is 2.29. The average Bonchev–Trinajstić information content (AvgIpc) is 2.59. The Kier molecular flexibility index (Phi) is 6.70.